The molecule has 0 aromatic heterocycles. The van der Waals surface area contributed by atoms with Gasteiger partial charge in [0, 0.05) is 7.11 Å². The van der Waals surface area contributed by atoms with Crippen LogP contribution in [0.2, 0.25) is 39.3 Å². The summed E-state index contributed by atoms with van der Waals surface area (Å²) in [5, 5.41) is 3.02. The van der Waals surface area contributed by atoms with Gasteiger partial charge in [0.15, 0.2) is 0 Å². The molecule has 0 aliphatic carbocycles. The number of ether oxygens (including phenoxy) is 1. The zero-order valence-corrected chi connectivity index (χ0v) is 20.6. The Morgan fingerprint density at radius 3 is 1.52 bits per heavy atom. The van der Waals surface area contributed by atoms with E-state index in [1.54, 1.807) is 0 Å². The minimum absolute atomic E-state index is 0.0143. The molecule has 0 saturated heterocycles. The van der Waals surface area contributed by atoms with Gasteiger partial charge in [0.05, 0.1) is 22.2 Å². The fourth-order valence-electron chi connectivity index (χ4n) is 4.00. The van der Waals surface area contributed by atoms with Gasteiger partial charge in [-0.2, -0.15) is 0 Å². The summed E-state index contributed by atoms with van der Waals surface area (Å²) in [6.07, 6.45) is 0.0143. The van der Waals surface area contributed by atoms with E-state index >= 15 is 0 Å². The molecule has 2 aromatic carbocycles. The van der Waals surface area contributed by atoms with E-state index in [9.17, 15) is 0 Å². The van der Waals surface area contributed by atoms with Crippen molar-refractivity contribution in [2.45, 2.75) is 51.4 Å². The fourth-order valence-corrected chi connectivity index (χ4v) is 7.39. The number of benzene rings is 2. The topological polar surface area (TPSA) is 12.5 Å². The number of methoxy groups -OCH3 is 1. The summed E-state index contributed by atoms with van der Waals surface area (Å²) >= 11 is 0. The van der Waals surface area contributed by atoms with Crippen LogP contribution >= 0.6 is 0 Å². The predicted octanol–water partition coefficient (Wildman–Crippen LogP) is 4.77. The van der Waals surface area contributed by atoms with Gasteiger partial charge < -0.3 is 4.74 Å². The lowest BCUT2D eigenvalue weighted by Crippen LogP contribution is -2.45. The number of likely N-dealkylation sites (N-methyl/N-ethyl adjacent to an activating group) is 1. The molecule has 0 fully saturated rings. The Labute approximate surface area is 168 Å². The molecule has 27 heavy (non-hydrogen) atoms. The smallest absolute Gasteiger partial charge is 0.102 e. The van der Waals surface area contributed by atoms with Gasteiger partial charge in [0.2, 0.25) is 0 Å². The number of nitrogens with zero attached hydrogens (tertiary/aromatic N) is 1. The van der Waals surface area contributed by atoms with Crippen LogP contribution in [0.15, 0.2) is 48.5 Å². The molecule has 148 valence electrons. The van der Waals surface area contributed by atoms with Gasteiger partial charge in [-0.3, -0.25) is 4.90 Å². The van der Waals surface area contributed by atoms with Crippen LogP contribution in [0.5, 0.6) is 0 Å². The molecule has 0 aliphatic rings. The van der Waals surface area contributed by atoms with Crippen molar-refractivity contribution in [1.82, 2.24) is 4.90 Å². The average Bonchev–Trinajstić information content (AvgIpc) is 2.57. The van der Waals surface area contributed by atoms with Crippen LogP contribution in [0, 0.1) is 0 Å². The van der Waals surface area contributed by atoms with Crippen LogP contribution in [-0.2, 0) is 4.74 Å². The summed E-state index contributed by atoms with van der Waals surface area (Å²) in [5.74, 6) is 0. The Kier molecular flexibility index (Phi) is 6.90. The van der Waals surface area contributed by atoms with Crippen LogP contribution in [0.4, 0.5) is 0 Å². The van der Waals surface area contributed by atoms with Gasteiger partial charge in [-0.15, -0.1) is 0 Å². The quantitative estimate of drug-likeness (QED) is 0.622. The molecular formula is C23H37NOSi2. The molecule has 4 heteroatoms. The van der Waals surface area contributed by atoms with Gasteiger partial charge in [-0.25, -0.2) is 0 Å². The van der Waals surface area contributed by atoms with Crippen molar-refractivity contribution in [3.63, 3.8) is 0 Å². The second kappa shape index (κ2) is 8.43. The van der Waals surface area contributed by atoms with Crippen molar-refractivity contribution in [2.24, 2.45) is 0 Å². The molecule has 0 saturated carbocycles. The fraction of sp³-hybridized carbons (Fsp3) is 0.478. The summed E-state index contributed by atoms with van der Waals surface area (Å²) in [5.41, 5.74) is 2.77. The molecule has 0 radical (unpaired) electrons. The highest BCUT2D eigenvalue weighted by atomic mass is 28.3. The van der Waals surface area contributed by atoms with E-state index in [0.717, 1.165) is 0 Å². The molecule has 2 rings (SSSR count). The monoisotopic (exact) mass is 399 g/mol. The number of rotatable bonds is 7. The first kappa shape index (κ1) is 22.1. The normalized spacial score (nSPS) is 15.0. The first-order valence-electron chi connectivity index (χ1n) is 9.86. The maximum atomic E-state index is 6.21. The van der Waals surface area contributed by atoms with E-state index in [0.29, 0.717) is 0 Å². The number of hydrogen-bond donors (Lipinski definition) is 0. The second-order valence-corrected chi connectivity index (χ2v) is 19.8. The van der Waals surface area contributed by atoms with E-state index in [1.165, 1.54) is 21.5 Å². The molecule has 0 heterocycles. The maximum absolute atomic E-state index is 6.21. The third kappa shape index (κ3) is 4.99. The minimum atomic E-state index is -1.48. The molecule has 0 amide bonds. The Bertz CT molecular complexity index is 759. The predicted molar refractivity (Wildman–Crippen MR) is 125 cm³/mol. The van der Waals surface area contributed by atoms with Gasteiger partial charge in [0.25, 0.3) is 0 Å². The van der Waals surface area contributed by atoms with Crippen LogP contribution in [0.25, 0.3) is 0 Å². The Morgan fingerprint density at radius 1 is 0.704 bits per heavy atom. The highest BCUT2D eigenvalue weighted by molar-refractivity contribution is 6.89. The van der Waals surface area contributed by atoms with Crippen molar-refractivity contribution in [2.75, 3.05) is 21.2 Å². The highest BCUT2D eigenvalue weighted by Gasteiger charge is 2.34. The van der Waals surface area contributed by atoms with Crippen LogP contribution in [-0.4, -0.2) is 42.3 Å². The van der Waals surface area contributed by atoms with Crippen molar-refractivity contribution < 1.29 is 4.74 Å². The molecule has 2 nitrogen and oxygen atoms in total. The van der Waals surface area contributed by atoms with E-state index in [-0.39, 0.29) is 12.1 Å². The molecule has 0 aliphatic heterocycles. The van der Waals surface area contributed by atoms with Gasteiger partial charge in [-0.05, 0) is 25.2 Å². The summed E-state index contributed by atoms with van der Waals surface area (Å²) < 4.78 is 6.21. The number of hydrogen-bond acceptors (Lipinski definition) is 2. The standard InChI is InChI=1S/C23H37NOSi2/c1-24(2)22(18-14-10-12-16-20(18)26(4,5)6)23(25-3)19-15-11-13-17-21(19)27(7,8)9/h10-17,22-23H,1-9H3/t22-,23-/m1/s1. The highest BCUT2D eigenvalue weighted by Crippen LogP contribution is 2.35. The Morgan fingerprint density at radius 2 is 1.11 bits per heavy atom. The third-order valence-corrected chi connectivity index (χ3v) is 9.40. The lowest BCUT2D eigenvalue weighted by Gasteiger charge is -2.37. The molecular weight excluding hydrogens is 362 g/mol. The van der Waals surface area contributed by atoms with Crippen LogP contribution in [0.3, 0.4) is 0 Å². The summed E-state index contributed by atoms with van der Waals surface area (Å²) in [6, 6.07) is 18.1. The van der Waals surface area contributed by atoms with Crippen molar-refractivity contribution in [3.8, 4) is 0 Å². The molecule has 0 unspecified atom stereocenters. The molecule has 0 spiro atoms. The third-order valence-electron chi connectivity index (χ3n) is 5.26. The second-order valence-electron chi connectivity index (χ2n) is 9.74. The molecule has 0 bridgehead atoms. The molecule has 0 N–H and O–H groups in total. The van der Waals surface area contributed by atoms with E-state index in [4.69, 9.17) is 4.74 Å². The van der Waals surface area contributed by atoms with Crippen LogP contribution < -0.4 is 10.4 Å². The first-order valence-corrected chi connectivity index (χ1v) is 16.9. The minimum Gasteiger partial charge on any atom is -0.375 e. The summed E-state index contributed by atoms with van der Waals surface area (Å²) in [4.78, 5) is 2.33. The van der Waals surface area contributed by atoms with Crippen molar-refractivity contribution in [1.29, 1.82) is 0 Å². The largest absolute Gasteiger partial charge is 0.375 e. The lowest BCUT2D eigenvalue weighted by atomic mass is 9.94. The zero-order valence-electron chi connectivity index (χ0n) is 18.6. The van der Waals surface area contributed by atoms with E-state index in [1.807, 2.05) is 7.11 Å². The van der Waals surface area contributed by atoms with E-state index in [2.05, 4.69) is 107 Å². The molecule has 2 aromatic rings. The summed E-state index contributed by atoms with van der Waals surface area (Å²) in [7, 11) is 3.26. The Hall–Kier alpha value is -1.21. The van der Waals surface area contributed by atoms with Gasteiger partial charge >= 0.3 is 0 Å². The first-order chi connectivity index (χ1) is 12.5. The van der Waals surface area contributed by atoms with Gasteiger partial charge in [-0.1, -0.05) is 98.2 Å². The van der Waals surface area contributed by atoms with Crippen LogP contribution in [0.1, 0.15) is 23.3 Å². The Balaban J connectivity index is 2.68. The van der Waals surface area contributed by atoms with Crippen molar-refractivity contribution >= 4 is 26.5 Å². The lowest BCUT2D eigenvalue weighted by molar-refractivity contribution is 0.0313. The maximum Gasteiger partial charge on any atom is 0.102 e. The van der Waals surface area contributed by atoms with E-state index < -0.39 is 16.1 Å². The van der Waals surface area contributed by atoms with Crippen molar-refractivity contribution in [3.05, 3.63) is 59.7 Å². The summed E-state index contributed by atoms with van der Waals surface area (Å²) in [6.45, 7) is 14.5. The zero-order chi connectivity index (χ0) is 20.4. The van der Waals surface area contributed by atoms with Gasteiger partial charge in [0.1, 0.15) is 6.10 Å². The SMILES string of the molecule is CO[C@H](c1ccccc1[Si](C)(C)C)[C@@H](c1ccccc1[Si](C)(C)C)N(C)C. The average molecular weight is 400 g/mol. The molecule has 2 atom stereocenters.